The fourth-order valence-corrected chi connectivity index (χ4v) is 3.88. The molecule has 0 aliphatic rings. The van der Waals surface area contributed by atoms with E-state index in [1.165, 1.54) is 13.3 Å². The van der Waals surface area contributed by atoms with Crippen molar-refractivity contribution in [2.24, 2.45) is 5.10 Å². The number of hydrogen-bond acceptors (Lipinski definition) is 6. The Morgan fingerprint density at radius 1 is 0.865 bits per heavy atom. The molecule has 7 nitrogen and oxygen atoms in total. The van der Waals surface area contributed by atoms with Crippen LogP contribution in [0.1, 0.15) is 27.0 Å². The Bertz CT molecular complexity index is 1390. The Hall–Kier alpha value is -4.46. The summed E-state index contributed by atoms with van der Waals surface area (Å²) in [5.74, 6) is -0.881. The van der Waals surface area contributed by atoms with E-state index >= 15 is 0 Å². The molecule has 4 aromatic carbocycles. The topological polar surface area (TPSA) is 97.2 Å². The molecule has 0 radical (unpaired) electrons. The molecule has 0 heterocycles. The maximum atomic E-state index is 13.1. The predicted octanol–water partition coefficient (Wildman–Crippen LogP) is 4.95. The molecule has 8 heteroatoms. The van der Waals surface area contributed by atoms with E-state index in [2.05, 4.69) is 10.5 Å². The van der Waals surface area contributed by atoms with Gasteiger partial charge in [0.25, 0.3) is 5.91 Å². The molecule has 4 aromatic rings. The Balaban J connectivity index is 1.51. The van der Waals surface area contributed by atoms with Gasteiger partial charge in [-0.25, -0.2) is 10.2 Å². The number of hydrogen-bond donors (Lipinski definition) is 2. The van der Waals surface area contributed by atoms with Crippen molar-refractivity contribution in [3.8, 4) is 11.5 Å². The first-order valence-corrected chi connectivity index (χ1v) is 11.6. The zero-order valence-corrected chi connectivity index (χ0v) is 20.6. The van der Waals surface area contributed by atoms with E-state index in [0.29, 0.717) is 16.7 Å². The van der Waals surface area contributed by atoms with Gasteiger partial charge in [-0.3, -0.25) is 4.79 Å². The SMILES string of the molecule is COc1cc(/C=N\NC(=O)C(O)(c2ccccc2)c2ccccc2)ccc1OC(=O)c1ccccc1Cl. The number of nitrogens with zero attached hydrogens (tertiary/aromatic N) is 1. The molecule has 0 aliphatic carbocycles. The second kappa shape index (κ2) is 11.5. The first-order chi connectivity index (χ1) is 17.9. The van der Waals surface area contributed by atoms with Crippen LogP contribution in [-0.4, -0.2) is 30.3 Å². The highest BCUT2D eigenvalue weighted by Gasteiger charge is 2.39. The second-order valence-electron chi connectivity index (χ2n) is 7.92. The fourth-order valence-electron chi connectivity index (χ4n) is 3.66. The molecule has 0 unspecified atom stereocenters. The molecular weight excluding hydrogens is 492 g/mol. The van der Waals surface area contributed by atoms with Gasteiger partial charge < -0.3 is 14.6 Å². The molecule has 186 valence electrons. The van der Waals surface area contributed by atoms with Crippen molar-refractivity contribution in [1.82, 2.24) is 5.43 Å². The van der Waals surface area contributed by atoms with Gasteiger partial charge in [-0.2, -0.15) is 5.10 Å². The number of carbonyl (C=O) groups is 2. The number of benzene rings is 4. The van der Waals surface area contributed by atoms with E-state index in [9.17, 15) is 14.7 Å². The van der Waals surface area contributed by atoms with Gasteiger partial charge in [-0.1, -0.05) is 84.4 Å². The summed E-state index contributed by atoms with van der Waals surface area (Å²) >= 11 is 6.08. The van der Waals surface area contributed by atoms with Crippen LogP contribution in [0.5, 0.6) is 11.5 Å². The molecule has 0 saturated carbocycles. The minimum absolute atomic E-state index is 0.191. The van der Waals surface area contributed by atoms with Crippen LogP contribution in [0.4, 0.5) is 0 Å². The first kappa shape index (κ1) is 25.6. The van der Waals surface area contributed by atoms with Gasteiger partial charge in [-0.05, 0) is 47.0 Å². The predicted molar refractivity (Wildman–Crippen MR) is 141 cm³/mol. The van der Waals surface area contributed by atoms with Gasteiger partial charge in [-0.15, -0.1) is 0 Å². The summed E-state index contributed by atoms with van der Waals surface area (Å²) < 4.78 is 10.8. The summed E-state index contributed by atoms with van der Waals surface area (Å²) in [5, 5.41) is 15.8. The van der Waals surface area contributed by atoms with Crippen molar-refractivity contribution in [2.75, 3.05) is 7.11 Å². The highest BCUT2D eigenvalue weighted by atomic mass is 35.5. The molecule has 0 spiro atoms. The third kappa shape index (κ3) is 5.69. The molecule has 2 N–H and O–H groups in total. The van der Waals surface area contributed by atoms with Crippen molar-refractivity contribution in [2.45, 2.75) is 5.60 Å². The lowest BCUT2D eigenvalue weighted by Crippen LogP contribution is -2.43. The molecular formula is C29H23ClN2O5. The normalized spacial score (nSPS) is 11.2. The van der Waals surface area contributed by atoms with E-state index in [1.54, 1.807) is 103 Å². The molecule has 1 amide bonds. The standard InChI is InChI=1S/C29H23ClN2O5/c1-36-26-18-20(16-17-25(26)37-27(33)23-14-8-9-15-24(23)30)19-31-32-28(34)29(35,21-10-4-2-5-11-21)22-12-6-3-7-13-22/h2-19,35H,1H3,(H,32,34)/b31-19-. The van der Waals surface area contributed by atoms with E-state index in [0.717, 1.165) is 0 Å². The Kier molecular flexibility index (Phi) is 7.98. The maximum absolute atomic E-state index is 13.1. The maximum Gasteiger partial charge on any atom is 0.345 e. The van der Waals surface area contributed by atoms with Gasteiger partial charge in [0.2, 0.25) is 0 Å². The molecule has 37 heavy (non-hydrogen) atoms. The van der Waals surface area contributed by atoms with Crippen molar-refractivity contribution in [3.05, 3.63) is 130 Å². The Labute approximate surface area is 218 Å². The number of hydrazone groups is 1. The van der Waals surface area contributed by atoms with Gasteiger partial charge in [0.15, 0.2) is 17.1 Å². The summed E-state index contributed by atoms with van der Waals surface area (Å²) in [6.07, 6.45) is 1.39. The number of rotatable bonds is 8. The number of ether oxygens (including phenoxy) is 2. The molecule has 0 atom stereocenters. The number of nitrogens with one attached hydrogen (secondary N) is 1. The Morgan fingerprint density at radius 2 is 1.46 bits per heavy atom. The van der Waals surface area contributed by atoms with Crippen LogP contribution in [0.15, 0.2) is 108 Å². The minimum atomic E-state index is -1.95. The third-order valence-electron chi connectivity index (χ3n) is 5.58. The average Bonchev–Trinajstić information content (AvgIpc) is 2.94. The summed E-state index contributed by atoms with van der Waals surface area (Å²) in [5.41, 5.74) is 2.06. The average molecular weight is 515 g/mol. The van der Waals surface area contributed by atoms with Crippen molar-refractivity contribution >= 4 is 29.7 Å². The van der Waals surface area contributed by atoms with Crippen LogP contribution in [0.3, 0.4) is 0 Å². The number of carbonyl (C=O) groups excluding carboxylic acids is 2. The van der Waals surface area contributed by atoms with Gasteiger partial charge in [0, 0.05) is 0 Å². The third-order valence-corrected chi connectivity index (χ3v) is 5.91. The quantitative estimate of drug-likeness (QED) is 0.150. The lowest BCUT2D eigenvalue weighted by Gasteiger charge is -2.27. The van der Waals surface area contributed by atoms with Crippen LogP contribution >= 0.6 is 11.6 Å². The smallest absolute Gasteiger partial charge is 0.345 e. The molecule has 0 fully saturated rings. The largest absolute Gasteiger partial charge is 0.493 e. The van der Waals surface area contributed by atoms with Crippen molar-refractivity contribution < 1.29 is 24.2 Å². The lowest BCUT2D eigenvalue weighted by molar-refractivity contribution is -0.136. The molecule has 0 bridgehead atoms. The monoisotopic (exact) mass is 514 g/mol. The van der Waals surface area contributed by atoms with E-state index in [1.807, 2.05) is 0 Å². The number of aliphatic hydroxyl groups is 1. The lowest BCUT2D eigenvalue weighted by atomic mass is 9.85. The van der Waals surface area contributed by atoms with E-state index in [-0.39, 0.29) is 22.1 Å². The van der Waals surface area contributed by atoms with E-state index < -0.39 is 17.5 Å². The number of amides is 1. The molecule has 0 aromatic heterocycles. The summed E-state index contributed by atoms with van der Waals surface area (Å²) in [6, 6.07) is 28.6. The zero-order chi connectivity index (χ0) is 26.3. The summed E-state index contributed by atoms with van der Waals surface area (Å²) in [7, 11) is 1.44. The van der Waals surface area contributed by atoms with Crippen LogP contribution in [-0.2, 0) is 10.4 Å². The van der Waals surface area contributed by atoms with Crippen LogP contribution in [0.25, 0.3) is 0 Å². The highest BCUT2D eigenvalue weighted by Crippen LogP contribution is 2.31. The van der Waals surface area contributed by atoms with Crippen molar-refractivity contribution in [1.29, 1.82) is 0 Å². The van der Waals surface area contributed by atoms with Crippen LogP contribution < -0.4 is 14.9 Å². The number of esters is 1. The van der Waals surface area contributed by atoms with E-state index in [4.69, 9.17) is 21.1 Å². The van der Waals surface area contributed by atoms with Crippen molar-refractivity contribution in [3.63, 3.8) is 0 Å². The second-order valence-corrected chi connectivity index (χ2v) is 8.33. The summed E-state index contributed by atoms with van der Waals surface area (Å²) in [6.45, 7) is 0. The summed E-state index contributed by atoms with van der Waals surface area (Å²) in [4.78, 5) is 25.7. The number of methoxy groups -OCH3 is 1. The minimum Gasteiger partial charge on any atom is -0.493 e. The zero-order valence-electron chi connectivity index (χ0n) is 19.8. The molecule has 0 saturated heterocycles. The first-order valence-electron chi connectivity index (χ1n) is 11.2. The van der Waals surface area contributed by atoms with Crippen LogP contribution in [0, 0.1) is 0 Å². The Morgan fingerprint density at radius 3 is 2.05 bits per heavy atom. The van der Waals surface area contributed by atoms with Gasteiger partial charge in [0.1, 0.15) is 0 Å². The molecule has 0 aliphatic heterocycles. The number of halogens is 1. The van der Waals surface area contributed by atoms with Gasteiger partial charge in [0.05, 0.1) is 23.9 Å². The highest BCUT2D eigenvalue weighted by molar-refractivity contribution is 6.33. The van der Waals surface area contributed by atoms with Crippen LogP contribution in [0.2, 0.25) is 5.02 Å². The fraction of sp³-hybridized carbons (Fsp3) is 0.0690. The van der Waals surface area contributed by atoms with Gasteiger partial charge >= 0.3 is 5.97 Å². The molecule has 4 rings (SSSR count).